The van der Waals surface area contributed by atoms with Crippen molar-refractivity contribution in [3.63, 3.8) is 0 Å². The Morgan fingerprint density at radius 3 is 1.47 bits per heavy atom. The third-order valence-corrected chi connectivity index (χ3v) is 5.90. The van der Waals surface area contributed by atoms with Crippen LogP contribution in [-0.4, -0.2) is 20.1 Å². The second-order valence-electron chi connectivity index (χ2n) is 5.59. The summed E-state index contributed by atoms with van der Waals surface area (Å²) in [7, 11) is -2.41. The smallest absolute Gasteiger partial charge is 0.380 e. The summed E-state index contributed by atoms with van der Waals surface area (Å²) in [5, 5.41) is 0. The highest BCUT2D eigenvalue weighted by Crippen LogP contribution is 2.29. The number of hydrogen-bond donors (Lipinski definition) is 0. The molecule has 0 bridgehead atoms. The summed E-state index contributed by atoms with van der Waals surface area (Å²) in [5.41, 5.74) is 0. The molecule has 0 amide bonds. The Hall–Kier alpha value is 0.427. The highest BCUT2D eigenvalue weighted by atomic mass is 35.6. The minimum absolute atomic E-state index is 0.363. The van der Waals surface area contributed by atoms with Gasteiger partial charge in [-0.05, 0) is 32.2 Å². The Labute approximate surface area is 111 Å². The third kappa shape index (κ3) is 4.90. The maximum Gasteiger partial charge on any atom is 0.440 e. The van der Waals surface area contributed by atoms with Crippen LogP contribution in [0.1, 0.15) is 64.2 Å². The van der Waals surface area contributed by atoms with Crippen LogP contribution in [0.2, 0.25) is 6.55 Å². The zero-order valence-corrected chi connectivity index (χ0v) is 12.7. The van der Waals surface area contributed by atoms with Crippen molar-refractivity contribution in [3.8, 4) is 0 Å². The van der Waals surface area contributed by atoms with E-state index in [0.717, 1.165) is 0 Å². The molecule has 0 aromatic carbocycles. The molecule has 2 fully saturated rings. The molecular formula is C13H25ClO2Si. The normalized spacial score (nSPS) is 25.1. The Kier molecular flexibility index (Phi) is 5.34. The predicted octanol–water partition coefficient (Wildman–Crippen LogP) is 4.49. The van der Waals surface area contributed by atoms with Crippen molar-refractivity contribution in [3.05, 3.63) is 0 Å². The molecule has 4 heteroatoms. The van der Waals surface area contributed by atoms with Gasteiger partial charge in [0, 0.05) is 12.2 Å². The van der Waals surface area contributed by atoms with E-state index in [1.807, 2.05) is 6.55 Å². The first kappa shape index (κ1) is 13.8. The maximum atomic E-state index is 6.50. The molecular weight excluding hydrogens is 252 g/mol. The van der Waals surface area contributed by atoms with Crippen LogP contribution in [0.5, 0.6) is 0 Å². The molecule has 0 aromatic rings. The van der Waals surface area contributed by atoms with Crippen LogP contribution < -0.4 is 0 Å². The Balaban J connectivity index is 1.75. The molecule has 0 unspecified atom stereocenters. The molecule has 0 saturated heterocycles. The van der Waals surface area contributed by atoms with E-state index in [1.54, 1.807) is 0 Å². The number of hydrogen-bond acceptors (Lipinski definition) is 2. The molecule has 0 N–H and O–H groups in total. The molecule has 0 aromatic heterocycles. The van der Waals surface area contributed by atoms with Gasteiger partial charge in [0.25, 0.3) is 0 Å². The average molecular weight is 277 g/mol. The molecule has 17 heavy (non-hydrogen) atoms. The third-order valence-electron chi connectivity index (χ3n) is 3.86. The first-order chi connectivity index (χ1) is 8.16. The van der Waals surface area contributed by atoms with Gasteiger partial charge in [0.2, 0.25) is 0 Å². The van der Waals surface area contributed by atoms with Crippen molar-refractivity contribution in [2.75, 3.05) is 0 Å². The SMILES string of the molecule is C[Si](Cl)(OC1CCCCC1)OC1CCCCC1. The topological polar surface area (TPSA) is 18.5 Å². The first-order valence-electron chi connectivity index (χ1n) is 7.20. The van der Waals surface area contributed by atoms with E-state index in [2.05, 4.69) is 0 Å². The molecule has 0 aliphatic heterocycles. The van der Waals surface area contributed by atoms with Crippen LogP contribution in [-0.2, 0) is 8.85 Å². The summed E-state index contributed by atoms with van der Waals surface area (Å²) in [6.07, 6.45) is 13.3. The van der Waals surface area contributed by atoms with Gasteiger partial charge in [-0.3, -0.25) is 0 Å². The Bertz CT molecular complexity index is 201. The van der Waals surface area contributed by atoms with Crippen molar-refractivity contribution in [2.24, 2.45) is 0 Å². The molecule has 0 radical (unpaired) electrons. The summed E-state index contributed by atoms with van der Waals surface area (Å²) in [5.74, 6) is 0. The molecule has 0 spiro atoms. The molecule has 2 saturated carbocycles. The predicted molar refractivity (Wildman–Crippen MR) is 73.4 cm³/mol. The second-order valence-corrected chi connectivity index (χ2v) is 9.79. The lowest BCUT2D eigenvalue weighted by Crippen LogP contribution is -2.41. The molecule has 2 rings (SSSR count). The maximum absolute atomic E-state index is 6.50. The van der Waals surface area contributed by atoms with Gasteiger partial charge in [-0.2, -0.15) is 0 Å². The van der Waals surface area contributed by atoms with Gasteiger partial charge in [0.15, 0.2) is 0 Å². The lowest BCUT2D eigenvalue weighted by Gasteiger charge is -2.33. The zero-order chi connectivity index (χ0) is 12.1. The summed E-state index contributed by atoms with van der Waals surface area (Å²) in [6, 6.07) is 0. The van der Waals surface area contributed by atoms with Gasteiger partial charge < -0.3 is 8.85 Å². The van der Waals surface area contributed by atoms with Crippen LogP contribution in [0.3, 0.4) is 0 Å². The fourth-order valence-electron chi connectivity index (χ4n) is 2.99. The van der Waals surface area contributed by atoms with Gasteiger partial charge in [-0.25, -0.2) is 0 Å². The minimum Gasteiger partial charge on any atom is -0.380 e. The zero-order valence-electron chi connectivity index (χ0n) is 10.9. The quantitative estimate of drug-likeness (QED) is 0.556. The van der Waals surface area contributed by atoms with E-state index < -0.39 is 7.87 Å². The average Bonchev–Trinajstić information content (AvgIpc) is 2.30. The Morgan fingerprint density at radius 2 is 1.12 bits per heavy atom. The van der Waals surface area contributed by atoms with E-state index in [0.29, 0.717) is 12.2 Å². The van der Waals surface area contributed by atoms with Gasteiger partial charge in [0.1, 0.15) is 0 Å². The monoisotopic (exact) mass is 276 g/mol. The van der Waals surface area contributed by atoms with Crippen molar-refractivity contribution in [1.82, 2.24) is 0 Å². The van der Waals surface area contributed by atoms with E-state index in [9.17, 15) is 0 Å². The van der Waals surface area contributed by atoms with E-state index in [-0.39, 0.29) is 0 Å². The summed E-state index contributed by atoms with van der Waals surface area (Å²) in [6.45, 7) is 2.00. The summed E-state index contributed by atoms with van der Waals surface area (Å²) < 4.78 is 12.1. The molecule has 0 heterocycles. The van der Waals surface area contributed by atoms with E-state index in [4.69, 9.17) is 19.9 Å². The minimum atomic E-state index is -2.41. The standard InChI is InChI=1S/C13H25ClO2Si/c1-17(14,15-12-8-4-2-5-9-12)16-13-10-6-3-7-11-13/h12-13H,2-11H2,1H3. The van der Waals surface area contributed by atoms with Crippen LogP contribution in [0.15, 0.2) is 0 Å². The van der Waals surface area contributed by atoms with Crippen molar-refractivity contribution in [1.29, 1.82) is 0 Å². The highest BCUT2D eigenvalue weighted by Gasteiger charge is 2.36. The van der Waals surface area contributed by atoms with Gasteiger partial charge >= 0.3 is 7.87 Å². The fourth-order valence-corrected chi connectivity index (χ4v) is 5.46. The first-order valence-corrected chi connectivity index (χ1v) is 10.5. The summed E-state index contributed by atoms with van der Waals surface area (Å²) >= 11 is 6.50. The second kappa shape index (κ2) is 6.55. The lowest BCUT2D eigenvalue weighted by molar-refractivity contribution is 0.0623. The molecule has 2 aliphatic carbocycles. The summed E-state index contributed by atoms with van der Waals surface area (Å²) in [4.78, 5) is 0. The van der Waals surface area contributed by atoms with Crippen molar-refractivity contribution < 1.29 is 8.85 Å². The number of halogens is 1. The molecule has 2 nitrogen and oxygen atoms in total. The van der Waals surface area contributed by atoms with Crippen LogP contribution in [0.4, 0.5) is 0 Å². The Morgan fingerprint density at radius 1 is 0.765 bits per heavy atom. The highest BCUT2D eigenvalue weighted by molar-refractivity contribution is 7.12. The van der Waals surface area contributed by atoms with E-state index in [1.165, 1.54) is 64.2 Å². The lowest BCUT2D eigenvalue weighted by atomic mass is 9.98. The van der Waals surface area contributed by atoms with Gasteiger partial charge in [-0.15, -0.1) is 0 Å². The van der Waals surface area contributed by atoms with Crippen LogP contribution in [0.25, 0.3) is 0 Å². The number of rotatable bonds is 4. The molecule has 0 atom stereocenters. The molecule has 2 aliphatic rings. The van der Waals surface area contributed by atoms with Crippen molar-refractivity contribution >= 4 is 18.9 Å². The van der Waals surface area contributed by atoms with Crippen molar-refractivity contribution in [2.45, 2.75) is 83.0 Å². The van der Waals surface area contributed by atoms with Crippen LogP contribution in [0, 0.1) is 0 Å². The molecule has 100 valence electrons. The van der Waals surface area contributed by atoms with E-state index >= 15 is 0 Å². The van der Waals surface area contributed by atoms with Gasteiger partial charge in [0.05, 0.1) is 0 Å². The van der Waals surface area contributed by atoms with Gasteiger partial charge in [-0.1, -0.05) is 49.6 Å². The van der Waals surface area contributed by atoms with Crippen LogP contribution >= 0.6 is 11.1 Å². The largest absolute Gasteiger partial charge is 0.440 e. The fraction of sp³-hybridized carbons (Fsp3) is 1.00.